The molecule has 0 N–H and O–H groups in total. The molecule has 1 aromatic rings. The zero-order valence-electron chi connectivity index (χ0n) is 10.9. The van der Waals surface area contributed by atoms with E-state index in [9.17, 15) is 17.7 Å². The summed E-state index contributed by atoms with van der Waals surface area (Å²) in [6, 6.07) is 0.852. The first-order valence-corrected chi connectivity index (χ1v) is 7.43. The van der Waals surface area contributed by atoms with Crippen molar-refractivity contribution in [3.63, 3.8) is 0 Å². The summed E-state index contributed by atoms with van der Waals surface area (Å²) in [6.07, 6.45) is -4.78. The fourth-order valence-corrected chi connectivity index (χ4v) is 3.18. The summed E-state index contributed by atoms with van der Waals surface area (Å²) in [5.41, 5.74) is -0.873. The molecule has 1 aromatic heterocycles. The number of rotatable bonds is 6. The molecule has 0 fully saturated rings. The van der Waals surface area contributed by atoms with Crippen LogP contribution >= 0.6 is 7.60 Å². The molecule has 0 saturated carbocycles. The fourth-order valence-electron chi connectivity index (χ4n) is 1.59. The standard InChI is InChI=1S/C10H16F3N2O3P/c1-4-17-19(16,18-5-2)7-8-6-9(10(11,12)13)15(3)14-8/h6H,4-5,7H2,1-3H3. The lowest BCUT2D eigenvalue weighted by atomic mass is 10.3. The van der Waals surface area contributed by atoms with Gasteiger partial charge in [-0.3, -0.25) is 9.25 Å². The van der Waals surface area contributed by atoms with Gasteiger partial charge < -0.3 is 9.05 Å². The molecule has 0 aliphatic carbocycles. The van der Waals surface area contributed by atoms with Gasteiger partial charge in [-0.2, -0.15) is 18.3 Å². The molecule has 0 aromatic carbocycles. The highest BCUT2D eigenvalue weighted by molar-refractivity contribution is 7.53. The van der Waals surface area contributed by atoms with E-state index in [1.807, 2.05) is 0 Å². The second-order valence-corrected chi connectivity index (χ2v) is 5.80. The van der Waals surface area contributed by atoms with Crippen molar-refractivity contribution in [3.05, 3.63) is 17.5 Å². The van der Waals surface area contributed by atoms with Crippen molar-refractivity contribution in [2.45, 2.75) is 26.2 Å². The lowest BCUT2D eigenvalue weighted by Crippen LogP contribution is -2.11. The van der Waals surface area contributed by atoms with Crippen LogP contribution in [0.1, 0.15) is 25.2 Å². The van der Waals surface area contributed by atoms with Crippen molar-refractivity contribution >= 4 is 7.60 Å². The quantitative estimate of drug-likeness (QED) is 0.757. The average Bonchev–Trinajstić information content (AvgIpc) is 2.59. The SMILES string of the molecule is CCOP(=O)(Cc1cc(C(F)(F)F)n(C)n1)OCC. The lowest BCUT2D eigenvalue weighted by molar-refractivity contribution is -0.143. The molecule has 0 unspecified atom stereocenters. The van der Waals surface area contributed by atoms with E-state index in [1.165, 1.54) is 7.05 Å². The van der Waals surface area contributed by atoms with Gasteiger partial charge in [0.2, 0.25) is 0 Å². The van der Waals surface area contributed by atoms with Gasteiger partial charge in [-0.1, -0.05) is 0 Å². The van der Waals surface area contributed by atoms with Gasteiger partial charge in [0.15, 0.2) is 0 Å². The van der Waals surface area contributed by atoms with Crippen molar-refractivity contribution in [2.24, 2.45) is 7.05 Å². The molecule has 0 bridgehead atoms. The van der Waals surface area contributed by atoms with E-state index in [0.29, 0.717) is 4.68 Å². The normalized spacial score (nSPS) is 12.9. The van der Waals surface area contributed by atoms with Crippen LogP contribution in [0, 0.1) is 0 Å². The van der Waals surface area contributed by atoms with Gasteiger partial charge >= 0.3 is 13.8 Å². The number of hydrogen-bond acceptors (Lipinski definition) is 4. The van der Waals surface area contributed by atoms with Crippen LogP contribution in [0.15, 0.2) is 6.07 Å². The third-order valence-electron chi connectivity index (χ3n) is 2.23. The maximum Gasteiger partial charge on any atom is 0.433 e. The van der Waals surface area contributed by atoms with Crippen LogP contribution in [-0.4, -0.2) is 23.0 Å². The summed E-state index contributed by atoms with van der Waals surface area (Å²) in [4.78, 5) is 0. The van der Waals surface area contributed by atoms with Crippen molar-refractivity contribution in [3.8, 4) is 0 Å². The van der Waals surface area contributed by atoms with Crippen molar-refractivity contribution in [1.29, 1.82) is 0 Å². The Morgan fingerprint density at radius 3 is 2.21 bits per heavy atom. The van der Waals surface area contributed by atoms with Crippen LogP contribution < -0.4 is 0 Å². The number of alkyl halides is 3. The summed E-state index contributed by atoms with van der Waals surface area (Å²) in [5.74, 6) is 0. The second-order valence-electron chi connectivity index (χ2n) is 3.75. The molecule has 5 nitrogen and oxygen atoms in total. The Kier molecular flexibility index (Phi) is 5.18. The number of aryl methyl sites for hydroxylation is 1. The summed E-state index contributed by atoms with van der Waals surface area (Å²) < 4.78 is 60.7. The average molecular weight is 300 g/mol. The van der Waals surface area contributed by atoms with E-state index in [0.717, 1.165) is 6.07 Å². The van der Waals surface area contributed by atoms with Crippen LogP contribution in [0.5, 0.6) is 0 Å². The number of aromatic nitrogens is 2. The van der Waals surface area contributed by atoms with E-state index in [2.05, 4.69) is 5.10 Å². The zero-order valence-corrected chi connectivity index (χ0v) is 11.8. The number of hydrogen-bond donors (Lipinski definition) is 0. The smallest absolute Gasteiger partial charge is 0.309 e. The third kappa shape index (κ3) is 4.33. The van der Waals surface area contributed by atoms with Crippen LogP contribution in [0.4, 0.5) is 13.2 Å². The second kappa shape index (κ2) is 6.07. The highest BCUT2D eigenvalue weighted by Gasteiger charge is 2.36. The molecule has 0 aliphatic rings. The highest BCUT2D eigenvalue weighted by atomic mass is 31.2. The monoisotopic (exact) mass is 300 g/mol. The van der Waals surface area contributed by atoms with Gasteiger partial charge in [0, 0.05) is 7.05 Å². The lowest BCUT2D eigenvalue weighted by Gasteiger charge is -2.15. The Morgan fingerprint density at radius 2 is 1.84 bits per heavy atom. The molecule has 0 amide bonds. The fraction of sp³-hybridized carbons (Fsp3) is 0.700. The van der Waals surface area contributed by atoms with Gasteiger partial charge in [-0.05, 0) is 19.9 Å². The molecular formula is C10H16F3N2O3P. The van der Waals surface area contributed by atoms with Crippen LogP contribution in [-0.2, 0) is 33.0 Å². The minimum atomic E-state index is -4.50. The summed E-state index contributed by atoms with van der Waals surface area (Å²) in [7, 11) is -2.26. The van der Waals surface area contributed by atoms with Crippen molar-refractivity contribution < 1.29 is 26.8 Å². The molecule has 110 valence electrons. The van der Waals surface area contributed by atoms with Gasteiger partial charge in [-0.15, -0.1) is 0 Å². The minimum Gasteiger partial charge on any atom is -0.309 e. The Morgan fingerprint density at radius 1 is 1.32 bits per heavy atom. The molecule has 0 radical (unpaired) electrons. The summed E-state index contributed by atoms with van der Waals surface area (Å²) >= 11 is 0. The Labute approximate surface area is 109 Å². The molecular weight excluding hydrogens is 284 g/mol. The van der Waals surface area contributed by atoms with Crippen molar-refractivity contribution in [1.82, 2.24) is 9.78 Å². The number of nitrogens with zero attached hydrogens (tertiary/aromatic N) is 2. The molecule has 1 heterocycles. The van der Waals surface area contributed by atoms with Gasteiger partial charge in [0.05, 0.1) is 25.1 Å². The summed E-state index contributed by atoms with van der Waals surface area (Å²) in [6.45, 7) is 3.56. The van der Waals surface area contributed by atoms with Gasteiger partial charge in [0.1, 0.15) is 5.69 Å². The molecule has 0 saturated heterocycles. The molecule has 0 aliphatic heterocycles. The predicted molar refractivity (Wildman–Crippen MR) is 62.8 cm³/mol. The van der Waals surface area contributed by atoms with E-state index >= 15 is 0 Å². The summed E-state index contributed by atoms with van der Waals surface area (Å²) in [5, 5.41) is 3.69. The Hall–Kier alpha value is -0.850. The van der Waals surface area contributed by atoms with Gasteiger partial charge in [-0.25, -0.2) is 0 Å². The molecule has 0 spiro atoms. The van der Waals surface area contributed by atoms with E-state index in [-0.39, 0.29) is 25.1 Å². The van der Waals surface area contributed by atoms with Crippen LogP contribution in [0.3, 0.4) is 0 Å². The first kappa shape index (κ1) is 16.2. The van der Waals surface area contributed by atoms with Crippen LogP contribution in [0.25, 0.3) is 0 Å². The largest absolute Gasteiger partial charge is 0.433 e. The maximum atomic E-state index is 12.6. The predicted octanol–water partition coefficient (Wildman–Crippen LogP) is 3.21. The minimum absolute atomic E-state index is 0.0278. The molecule has 0 atom stereocenters. The topological polar surface area (TPSA) is 53.4 Å². The third-order valence-corrected chi connectivity index (χ3v) is 4.24. The Bertz CT molecular complexity index is 463. The van der Waals surface area contributed by atoms with Crippen LogP contribution in [0.2, 0.25) is 0 Å². The van der Waals surface area contributed by atoms with Crippen molar-refractivity contribution in [2.75, 3.05) is 13.2 Å². The van der Waals surface area contributed by atoms with E-state index in [1.54, 1.807) is 13.8 Å². The van der Waals surface area contributed by atoms with E-state index in [4.69, 9.17) is 9.05 Å². The molecule has 19 heavy (non-hydrogen) atoms. The highest BCUT2D eigenvalue weighted by Crippen LogP contribution is 2.51. The van der Waals surface area contributed by atoms with E-state index < -0.39 is 19.5 Å². The zero-order chi connectivity index (χ0) is 14.7. The number of halogens is 3. The first-order chi connectivity index (χ1) is 8.72. The molecule has 9 heteroatoms. The first-order valence-electron chi connectivity index (χ1n) is 5.70. The molecule has 1 rings (SSSR count). The maximum absolute atomic E-state index is 12.6. The van der Waals surface area contributed by atoms with Gasteiger partial charge in [0.25, 0.3) is 0 Å². The Balaban J connectivity index is 2.96.